The van der Waals surface area contributed by atoms with E-state index in [0.717, 1.165) is 74.6 Å². The van der Waals surface area contributed by atoms with Crippen LogP contribution in [0.3, 0.4) is 0 Å². The minimum absolute atomic E-state index is 0. The molecule has 0 unspecified atom stereocenters. The summed E-state index contributed by atoms with van der Waals surface area (Å²) >= 11 is 8.50. The number of aryl methyl sites for hydroxylation is 6. The molecule has 0 aliphatic rings. The predicted molar refractivity (Wildman–Crippen MR) is 258 cm³/mol. The first-order valence-corrected chi connectivity index (χ1v) is 24.3. The Kier molecular flexibility index (Phi) is 20.8. The van der Waals surface area contributed by atoms with Crippen LogP contribution in [0.2, 0.25) is 0 Å². The summed E-state index contributed by atoms with van der Waals surface area (Å²) < 4.78 is 14.8. The zero-order valence-electron chi connectivity index (χ0n) is 37.2. The van der Waals surface area contributed by atoms with Crippen molar-refractivity contribution < 1.29 is 33.1 Å². The molecule has 0 saturated carbocycles. The van der Waals surface area contributed by atoms with Crippen molar-refractivity contribution in [2.75, 3.05) is 26.4 Å². The van der Waals surface area contributed by atoms with E-state index in [0.29, 0.717) is 0 Å². The number of nitrogens with one attached hydrogen (secondary N) is 1. The van der Waals surface area contributed by atoms with Gasteiger partial charge < -0.3 is 14.6 Å². The third-order valence-corrected chi connectivity index (χ3v) is 19.4. The van der Waals surface area contributed by atoms with Crippen molar-refractivity contribution in [3.8, 4) is 0 Å². The molecule has 0 aliphatic carbocycles. The number of hydrogen-bond donors (Lipinski definition) is 1. The van der Waals surface area contributed by atoms with Crippen molar-refractivity contribution in [3.63, 3.8) is 0 Å². The van der Waals surface area contributed by atoms with Crippen molar-refractivity contribution in [1.29, 1.82) is 0 Å². The maximum Gasteiger partial charge on any atom is 1.00 e. The Hall–Kier alpha value is -3.54. The van der Waals surface area contributed by atoms with Crippen LogP contribution in [0.15, 0.2) is 146 Å². The van der Waals surface area contributed by atoms with Crippen LogP contribution in [0.1, 0.15) is 61.1 Å². The van der Waals surface area contributed by atoms with Gasteiger partial charge in [-0.15, -0.1) is 5.69 Å². The summed E-state index contributed by atoms with van der Waals surface area (Å²) in [6.07, 6.45) is 0. The van der Waals surface area contributed by atoms with E-state index in [-0.39, 0.29) is 18.9 Å². The van der Waals surface area contributed by atoms with Crippen LogP contribution in [0, 0.1) is 41.5 Å². The van der Waals surface area contributed by atoms with Crippen molar-refractivity contribution in [3.05, 3.63) is 184 Å². The van der Waals surface area contributed by atoms with Gasteiger partial charge in [-0.2, -0.15) is 0 Å². The maximum atomic E-state index is 8.50. The number of nitrogens with zero attached hydrogens (tertiary/aromatic N) is 1. The summed E-state index contributed by atoms with van der Waals surface area (Å²) in [5.74, 6) is 0. The fourth-order valence-electron chi connectivity index (χ4n) is 7.28. The zero-order chi connectivity index (χ0) is 42.1. The second kappa shape index (κ2) is 24.6. The fraction of sp³-hybridized carbons (Fsp3) is 0.275. The average molecular weight is 840 g/mol. The number of halogens is 1. The molecule has 6 aromatic rings. The van der Waals surface area contributed by atoms with Crippen molar-refractivity contribution >= 4 is 62.8 Å². The van der Waals surface area contributed by atoms with Gasteiger partial charge in [0.1, 0.15) is 0 Å². The molecule has 4 nitrogen and oxygen atoms in total. The molecule has 0 atom stereocenters. The van der Waals surface area contributed by atoms with Crippen LogP contribution < -0.4 is 44.8 Å². The molecule has 59 heavy (non-hydrogen) atoms. The largest absolute Gasteiger partial charge is 1.00 e. The third kappa shape index (κ3) is 12.3. The molecule has 0 aromatic heterocycles. The molecule has 0 aliphatic heterocycles. The molecule has 0 spiro atoms. The van der Waals surface area contributed by atoms with E-state index < -0.39 is 14.1 Å². The molecule has 6 aromatic carbocycles. The number of hydrogen-bond acceptors (Lipinski definition) is 2. The first kappa shape index (κ1) is 49.8. The second-order valence-corrected chi connectivity index (χ2v) is 21.5. The van der Waals surface area contributed by atoms with Gasteiger partial charge in [-0.3, -0.25) is 0 Å². The summed E-state index contributed by atoms with van der Waals surface area (Å²) in [4.78, 5) is 0. The van der Waals surface area contributed by atoms with Crippen molar-refractivity contribution in [1.82, 2.24) is 0 Å². The minimum Gasteiger partial charge on any atom is -0.651 e. The van der Waals surface area contributed by atoms with Crippen LogP contribution in [-0.4, -0.2) is 30.9 Å². The standard InChI is InChI=1S/C43H42ClN2P2.2C4H10O.Li/c1-31-27-33(3)41(34(4)28-31)45-47(37-19-11-7-12-20-37,38-21-13-8-14-22-38)43(44)48(39-23-15-9-16-24-39,40-25-17-10-18-26-40)46-42-35(5)29-32(2)30-36(42)6;2*1-3-5-4-2;/h7-30H,1-6H3;2*3-4H2,1-2H3;/q-1;;;+1/p+1. The monoisotopic (exact) mass is 839 g/mol. The van der Waals surface area contributed by atoms with Gasteiger partial charge in [0.05, 0.1) is 4.49 Å². The zero-order valence-corrected chi connectivity index (χ0v) is 39.8. The van der Waals surface area contributed by atoms with E-state index in [1.165, 1.54) is 22.3 Å². The third-order valence-electron chi connectivity index (χ3n) is 9.75. The van der Waals surface area contributed by atoms with Crippen LogP contribution in [0.25, 0.3) is 5.09 Å². The van der Waals surface area contributed by atoms with E-state index in [1.54, 1.807) is 0 Å². The van der Waals surface area contributed by atoms with Gasteiger partial charge in [0, 0.05) is 48.2 Å². The van der Waals surface area contributed by atoms with Gasteiger partial charge in [-0.1, -0.05) is 150 Å². The summed E-state index contributed by atoms with van der Waals surface area (Å²) in [5, 5.41) is 10.6. The Morgan fingerprint density at radius 1 is 0.492 bits per heavy atom. The molecule has 0 amide bonds. The molecule has 0 heterocycles. The van der Waals surface area contributed by atoms with Gasteiger partial charge in [0.2, 0.25) is 5.69 Å². The quantitative estimate of drug-likeness (QED) is 0.0990. The molecule has 1 N–H and O–H groups in total. The summed E-state index contributed by atoms with van der Waals surface area (Å²) in [7, 11) is -5.74. The van der Waals surface area contributed by atoms with Crippen molar-refractivity contribution in [2.45, 2.75) is 69.2 Å². The SMILES string of the molecule is CCOCC.CCOCC.Cc1cc(C)c([N-]P(=C(Cl)P(=[NH+]c2c(C)cc(C)cc2C)(c2ccccc2)c2ccccc2)(c2ccccc2)c2ccccc2)c(C)c1.[Li+]. The first-order valence-electron chi connectivity index (χ1n) is 20.4. The van der Waals surface area contributed by atoms with Gasteiger partial charge in [0.15, 0.2) is 7.05 Å². The van der Waals surface area contributed by atoms with E-state index in [1.807, 2.05) is 27.7 Å². The predicted octanol–water partition coefficient (Wildman–Crippen LogP) is 8.81. The van der Waals surface area contributed by atoms with Gasteiger partial charge in [-0.05, 0) is 116 Å². The van der Waals surface area contributed by atoms with Gasteiger partial charge in [0.25, 0.3) is 0 Å². The average Bonchev–Trinajstić information content (AvgIpc) is 3.23. The van der Waals surface area contributed by atoms with E-state index in [4.69, 9.17) is 26.2 Å². The molecule has 0 fully saturated rings. The Morgan fingerprint density at radius 3 is 1.10 bits per heavy atom. The Balaban J connectivity index is 0.000000757. The minimum atomic E-state index is -2.92. The van der Waals surface area contributed by atoms with Crippen molar-refractivity contribution in [2.24, 2.45) is 0 Å². The summed E-state index contributed by atoms with van der Waals surface area (Å²) in [5.41, 5.74) is 9.26. The molecule has 8 heteroatoms. The topological polar surface area (TPSA) is 46.5 Å². The Bertz CT molecular complexity index is 2160. The number of rotatable bonds is 12. The fourth-order valence-corrected chi connectivity index (χ4v) is 18.0. The molecule has 6 rings (SSSR count). The first-order chi connectivity index (χ1) is 28.0. The van der Waals surface area contributed by atoms with Gasteiger partial charge >= 0.3 is 18.9 Å². The smallest absolute Gasteiger partial charge is 0.651 e. The van der Waals surface area contributed by atoms with Crippen LogP contribution in [0.4, 0.5) is 11.4 Å². The second-order valence-electron chi connectivity index (χ2n) is 14.2. The normalized spacial score (nSPS) is 10.9. The van der Waals surface area contributed by atoms with Crippen LogP contribution >= 0.6 is 25.7 Å². The number of benzene rings is 6. The molecular formula is C51H63ClLiN2O2P2+. The van der Waals surface area contributed by atoms with E-state index in [2.05, 4.69) is 192 Å². The van der Waals surface area contributed by atoms with Crippen LogP contribution in [0.5, 0.6) is 0 Å². The van der Waals surface area contributed by atoms with E-state index >= 15 is 0 Å². The molecule has 0 bridgehead atoms. The van der Waals surface area contributed by atoms with Gasteiger partial charge in [-0.25, -0.2) is 4.74 Å². The molecular weight excluding hydrogens is 777 g/mol. The Morgan fingerprint density at radius 2 is 0.797 bits per heavy atom. The summed E-state index contributed by atoms with van der Waals surface area (Å²) in [6.45, 7) is 24.4. The number of ether oxygens (including phenoxy) is 2. The molecule has 0 radical (unpaired) electrons. The van der Waals surface area contributed by atoms with E-state index in [9.17, 15) is 0 Å². The Labute approximate surface area is 373 Å². The van der Waals surface area contributed by atoms with Crippen LogP contribution in [-0.2, 0) is 9.47 Å². The maximum absolute atomic E-state index is 8.50. The molecule has 306 valence electrons. The summed E-state index contributed by atoms with van der Waals surface area (Å²) in [6, 6.07) is 52.1. The molecule has 0 saturated heterocycles.